The summed E-state index contributed by atoms with van der Waals surface area (Å²) < 4.78 is 61.5. The number of hydrogen-bond donors (Lipinski definition) is 1. The topological polar surface area (TPSA) is 60.3 Å². The number of carbonyl (C=O) groups is 1. The summed E-state index contributed by atoms with van der Waals surface area (Å²) in [5.74, 6) is 0. The molecule has 1 aromatic carbocycles. The van der Waals surface area contributed by atoms with Gasteiger partial charge in [-0.2, -0.15) is 13.2 Å². The van der Waals surface area contributed by atoms with E-state index in [-0.39, 0.29) is 0 Å². The number of halogens is 3. The minimum Gasteiger partial charge on any atom is -0.443 e. The van der Waals surface area contributed by atoms with E-state index in [1.807, 2.05) is 6.92 Å². The van der Waals surface area contributed by atoms with Crippen LogP contribution in [0.3, 0.4) is 0 Å². The van der Waals surface area contributed by atoms with Crippen LogP contribution in [0.15, 0.2) is 24.4 Å². The monoisotopic (exact) mass is 446 g/mol. The van der Waals surface area contributed by atoms with Crippen LogP contribution >= 0.6 is 0 Å². The summed E-state index contributed by atoms with van der Waals surface area (Å²) in [4.78, 5) is 12.6. The number of hydrogen-bond acceptors (Lipinski definition) is 3. The van der Waals surface area contributed by atoms with E-state index in [1.54, 1.807) is 59.7 Å². The lowest BCUT2D eigenvalue weighted by Crippen LogP contribution is -2.48. The third-order valence-corrected chi connectivity index (χ3v) is 5.87. The maximum atomic E-state index is 13.7. The van der Waals surface area contributed by atoms with E-state index >= 15 is 0 Å². The molecule has 2 aromatic rings. The van der Waals surface area contributed by atoms with E-state index in [2.05, 4.69) is 4.72 Å². The number of carbonyl (C=O) groups excluding carboxylic acids is 1. The second-order valence-electron chi connectivity index (χ2n) is 9.32. The highest BCUT2D eigenvalue weighted by Crippen LogP contribution is 2.30. The minimum atomic E-state index is -4.62. The molecule has 5 nitrogen and oxygen atoms in total. The number of rotatable bonds is 4. The standard InChI is InChI=1S/C21H29F3N2O3S/c1-13-8-9-16-15(10-13)14(12-26(16)18(27)29-19(2,3)4)11-17(21(22,23)24)25-30(28)20(5,6)7/h8-10,12,17,25H,11H2,1-7H3/t17-,30?/m0/s1. The summed E-state index contributed by atoms with van der Waals surface area (Å²) in [6.07, 6.45) is -4.39. The lowest BCUT2D eigenvalue weighted by Gasteiger charge is -2.25. The van der Waals surface area contributed by atoms with Gasteiger partial charge in [0, 0.05) is 11.6 Å². The molecule has 30 heavy (non-hydrogen) atoms. The molecule has 0 saturated carbocycles. The van der Waals surface area contributed by atoms with E-state index in [0.717, 1.165) is 5.56 Å². The molecule has 1 aromatic heterocycles. The molecular formula is C21H29F3N2O3S. The molecule has 1 N–H and O–H groups in total. The Balaban J connectivity index is 2.50. The van der Waals surface area contributed by atoms with E-state index in [1.165, 1.54) is 10.8 Å². The molecule has 2 rings (SSSR count). The van der Waals surface area contributed by atoms with Gasteiger partial charge in [-0.1, -0.05) is 11.6 Å². The van der Waals surface area contributed by atoms with Crippen molar-refractivity contribution < 1.29 is 26.9 Å². The number of aryl methyl sites for hydroxylation is 1. The van der Waals surface area contributed by atoms with Crippen LogP contribution in [0, 0.1) is 6.92 Å². The number of nitrogens with one attached hydrogen (secondary N) is 1. The Morgan fingerprint density at radius 3 is 2.27 bits per heavy atom. The Labute approximate surface area is 177 Å². The first-order chi connectivity index (χ1) is 13.5. The summed E-state index contributed by atoms with van der Waals surface area (Å²) in [6, 6.07) is 3.16. The Bertz CT molecular complexity index is 953. The van der Waals surface area contributed by atoms with Crippen molar-refractivity contribution in [2.45, 2.75) is 77.5 Å². The van der Waals surface area contributed by atoms with Gasteiger partial charge in [0.2, 0.25) is 0 Å². The number of nitrogens with zero attached hydrogens (tertiary/aromatic N) is 1. The molecule has 1 unspecified atom stereocenters. The molecule has 0 fully saturated rings. The fraction of sp³-hybridized carbons (Fsp3) is 0.571. The van der Waals surface area contributed by atoms with E-state index in [0.29, 0.717) is 16.5 Å². The van der Waals surface area contributed by atoms with Crippen molar-refractivity contribution in [3.05, 3.63) is 35.5 Å². The number of alkyl halides is 3. The van der Waals surface area contributed by atoms with Crippen molar-refractivity contribution in [2.75, 3.05) is 0 Å². The molecule has 0 aliphatic rings. The van der Waals surface area contributed by atoms with Crippen molar-refractivity contribution in [3.8, 4) is 0 Å². The van der Waals surface area contributed by atoms with Gasteiger partial charge in [0.25, 0.3) is 0 Å². The zero-order chi connectivity index (χ0) is 23.1. The van der Waals surface area contributed by atoms with Crippen LogP contribution in [0.25, 0.3) is 10.9 Å². The Kier molecular flexibility index (Phi) is 6.78. The predicted octanol–water partition coefficient (Wildman–Crippen LogP) is 5.26. The van der Waals surface area contributed by atoms with Gasteiger partial charge in [-0.3, -0.25) is 4.57 Å². The predicted molar refractivity (Wildman–Crippen MR) is 113 cm³/mol. The van der Waals surface area contributed by atoms with Gasteiger partial charge in [0.05, 0.1) is 21.2 Å². The molecule has 0 aliphatic carbocycles. The largest absolute Gasteiger partial charge is 0.443 e. The van der Waals surface area contributed by atoms with Crippen molar-refractivity contribution in [1.29, 1.82) is 0 Å². The lowest BCUT2D eigenvalue weighted by atomic mass is 10.0. The van der Waals surface area contributed by atoms with E-state index in [9.17, 15) is 22.2 Å². The zero-order valence-electron chi connectivity index (χ0n) is 18.3. The van der Waals surface area contributed by atoms with Gasteiger partial charge in [-0.25, -0.2) is 13.7 Å². The average Bonchev–Trinajstić information content (AvgIpc) is 2.88. The molecule has 0 amide bonds. The summed E-state index contributed by atoms with van der Waals surface area (Å²) in [6.45, 7) is 11.8. The number of ether oxygens (including phenoxy) is 1. The molecule has 0 spiro atoms. The SMILES string of the molecule is Cc1ccc2c(c1)c(C[C@H](NS(=O)C(C)(C)C)C(F)(F)F)cn2C(=O)OC(C)(C)C. The maximum Gasteiger partial charge on any atom is 0.419 e. The molecule has 2 atom stereocenters. The van der Waals surface area contributed by atoms with Crippen molar-refractivity contribution in [1.82, 2.24) is 9.29 Å². The molecule has 0 bridgehead atoms. The van der Waals surface area contributed by atoms with Crippen molar-refractivity contribution in [3.63, 3.8) is 0 Å². The Hall–Kier alpha value is -1.87. The summed E-state index contributed by atoms with van der Waals surface area (Å²) in [7, 11) is -1.91. The maximum absolute atomic E-state index is 13.7. The highest BCUT2D eigenvalue weighted by Gasteiger charge is 2.42. The summed E-state index contributed by atoms with van der Waals surface area (Å²) >= 11 is 0. The van der Waals surface area contributed by atoms with Gasteiger partial charge in [-0.05, 0) is 72.6 Å². The van der Waals surface area contributed by atoms with Crippen LogP contribution in [0.1, 0.15) is 52.7 Å². The molecular weight excluding hydrogens is 417 g/mol. The quantitative estimate of drug-likeness (QED) is 0.697. The Morgan fingerprint density at radius 1 is 1.17 bits per heavy atom. The molecule has 0 aliphatic heterocycles. The fourth-order valence-electron chi connectivity index (χ4n) is 2.79. The van der Waals surface area contributed by atoms with Crippen LogP contribution in [0.5, 0.6) is 0 Å². The minimum absolute atomic E-state index is 0.320. The van der Waals surface area contributed by atoms with Crippen LogP contribution in [-0.2, 0) is 22.1 Å². The smallest absolute Gasteiger partial charge is 0.419 e. The third-order valence-electron chi connectivity index (χ3n) is 4.26. The normalized spacial score (nSPS) is 15.3. The van der Waals surface area contributed by atoms with E-state index in [4.69, 9.17) is 4.74 Å². The van der Waals surface area contributed by atoms with Crippen LogP contribution in [-0.4, -0.2) is 37.4 Å². The van der Waals surface area contributed by atoms with Gasteiger partial charge in [-0.15, -0.1) is 0 Å². The second-order valence-corrected chi connectivity index (χ2v) is 11.3. The summed E-state index contributed by atoms with van der Waals surface area (Å²) in [5, 5.41) is 0.526. The van der Waals surface area contributed by atoms with Gasteiger partial charge in [0.15, 0.2) is 0 Å². The number of aromatic nitrogens is 1. The van der Waals surface area contributed by atoms with Crippen LogP contribution in [0.4, 0.5) is 18.0 Å². The molecule has 9 heteroatoms. The summed E-state index contributed by atoms with van der Waals surface area (Å²) in [5.41, 5.74) is 0.876. The molecule has 0 saturated heterocycles. The fourth-order valence-corrected chi connectivity index (χ4v) is 3.62. The Morgan fingerprint density at radius 2 is 1.77 bits per heavy atom. The highest BCUT2D eigenvalue weighted by molar-refractivity contribution is 7.84. The van der Waals surface area contributed by atoms with E-state index < -0.39 is 46.1 Å². The van der Waals surface area contributed by atoms with Crippen LogP contribution < -0.4 is 4.72 Å². The van der Waals surface area contributed by atoms with Crippen molar-refractivity contribution >= 4 is 28.0 Å². The van der Waals surface area contributed by atoms with Gasteiger partial charge >= 0.3 is 12.3 Å². The van der Waals surface area contributed by atoms with Crippen molar-refractivity contribution in [2.24, 2.45) is 0 Å². The molecule has 168 valence electrons. The first-order valence-electron chi connectivity index (χ1n) is 9.58. The first kappa shape index (κ1) is 24.4. The number of benzene rings is 1. The second kappa shape index (κ2) is 8.34. The molecule has 0 radical (unpaired) electrons. The number of fused-ring (bicyclic) bond motifs is 1. The lowest BCUT2D eigenvalue weighted by molar-refractivity contribution is -0.150. The van der Waals surface area contributed by atoms with Gasteiger partial charge in [0.1, 0.15) is 11.6 Å². The first-order valence-corrected chi connectivity index (χ1v) is 10.7. The molecule has 1 heterocycles. The third kappa shape index (κ3) is 6.07. The average molecular weight is 447 g/mol. The van der Waals surface area contributed by atoms with Crippen LogP contribution in [0.2, 0.25) is 0 Å². The highest BCUT2D eigenvalue weighted by atomic mass is 32.2. The van der Waals surface area contributed by atoms with Gasteiger partial charge < -0.3 is 4.74 Å². The zero-order valence-corrected chi connectivity index (χ0v) is 19.1.